The van der Waals surface area contributed by atoms with Gasteiger partial charge in [0.1, 0.15) is 0 Å². The lowest BCUT2D eigenvalue weighted by Crippen LogP contribution is -2.29. The Morgan fingerprint density at radius 2 is 1.90 bits per heavy atom. The van der Waals surface area contributed by atoms with Gasteiger partial charge in [-0.1, -0.05) is 26.0 Å². The molecular weight excluding hydrogens is 504 g/mol. The Morgan fingerprint density at radius 3 is 2.56 bits per heavy atom. The maximum atomic E-state index is 12.3. The number of carbonyl (C=O) groups is 1. The van der Waals surface area contributed by atoms with Crippen LogP contribution in [0.2, 0.25) is 0 Å². The average molecular weight is 539 g/mol. The number of rotatable bonds is 7. The van der Waals surface area contributed by atoms with Gasteiger partial charge in [-0.3, -0.25) is 14.8 Å². The standard InChI is InChI=1S/C31H34N6OS/c1-19(2)30(38)34-26-12-11-24(15-20(26)3)37-29(28(35-31(37)39)27-10-6-7-14-33-27)25-16-21(4)36(22(25)5)18-23-9-8-13-32-17-23/h6-17,19,28-29H,18H2,1-5H3,(H,34,38)(H,35,39)/t28-,29+/m1/s1. The van der Waals surface area contributed by atoms with Crippen LogP contribution < -0.4 is 15.5 Å². The molecule has 0 bridgehead atoms. The lowest BCUT2D eigenvalue weighted by Gasteiger charge is -2.29. The first-order chi connectivity index (χ1) is 18.7. The van der Waals surface area contributed by atoms with Crippen LogP contribution in [0.1, 0.15) is 59.7 Å². The fourth-order valence-electron chi connectivity index (χ4n) is 5.21. The number of aromatic nitrogens is 3. The minimum absolute atomic E-state index is 0.00152. The smallest absolute Gasteiger partial charge is 0.226 e. The number of hydrogen-bond donors (Lipinski definition) is 2. The molecule has 1 aromatic carbocycles. The van der Waals surface area contributed by atoms with Crippen molar-refractivity contribution in [1.82, 2.24) is 19.9 Å². The molecule has 5 rings (SSSR count). The van der Waals surface area contributed by atoms with Crippen LogP contribution in [-0.4, -0.2) is 25.6 Å². The van der Waals surface area contributed by atoms with Crippen LogP contribution in [0.15, 0.2) is 73.2 Å². The van der Waals surface area contributed by atoms with Gasteiger partial charge in [-0.25, -0.2) is 0 Å². The first-order valence-corrected chi connectivity index (χ1v) is 13.6. The summed E-state index contributed by atoms with van der Waals surface area (Å²) in [4.78, 5) is 23.5. The van der Waals surface area contributed by atoms with E-state index in [0.717, 1.165) is 34.7 Å². The fourth-order valence-corrected chi connectivity index (χ4v) is 5.55. The molecule has 1 saturated heterocycles. The van der Waals surface area contributed by atoms with Crippen LogP contribution in [0.25, 0.3) is 0 Å². The normalized spacial score (nSPS) is 17.0. The maximum absolute atomic E-state index is 12.3. The third-order valence-corrected chi connectivity index (χ3v) is 7.68. The van der Waals surface area contributed by atoms with E-state index < -0.39 is 0 Å². The quantitative estimate of drug-likeness (QED) is 0.280. The minimum atomic E-state index is -0.133. The predicted molar refractivity (Wildman–Crippen MR) is 160 cm³/mol. The molecule has 0 radical (unpaired) electrons. The molecule has 0 aliphatic carbocycles. The molecule has 8 heteroatoms. The number of nitrogens with one attached hydrogen (secondary N) is 2. The highest BCUT2D eigenvalue weighted by molar-refractivity contribution is 7.80. The summed E-state index contributed by atoms with van der Waals surface area (Å²) in [6.07, 6.45) is 5.53. The molecule has 1 aliphatic rings. The molecule has 3 aromatic heterocycles. The van der Waals surface area contributed by atoms with Gasteiger partial charge in [0.15, 0.2) is 5.11 Å². The van der Waals surface area contributed by atoms with Crippen molar-refractivity contribution in [3.63, 3.8) is 0 Å². The summed E-state index contributed by atoms with van der Waals surface area (Å²) < 4.78 is 2.33. The summed E-state index contributed by atoms with van der Waals surface area (Å²) in [6.45, 7) is 10.8. The zero-order valence-corrected chi connectivity index (χ0v) is 23.8. The van der Waals surface area contributed by atoms with Gasteiger partial charge < -0.3 is 20.1 Å². The van der Waals surface area contributed by atoms with Crippen molar-refractivity contribution >= 4 is 34.6 Å². The van der Waals surface area contributed by atoms with Gasteiger partial charge in [0.05, 0.1) is 17.8 Å². The van der Waals surface area contributed by atoms with Gasteiger partial charge in [0.25, 0.3) is 0 Å². The zero-order chi connectivity index (χ0) is 27.7. The summed E-state index contributed by atoms with van der Waals surface area (Å²) in [5, 5.41) is 7.24. The van der Waals surface area contributed by atoms with E-state index in [-0.39, 0.29) is 23.9 Å². The number of thiocarbonyl (C=S) groups is 1. The topological polar surface area (TPSA) is 75.1 Å². The van der Waals surface area contributed by atoms with Crippen molar-refractivity contribution in [1.29, 1.82) is 0 Å². The lowest BCUT2D eigenvalue weighted by molar-refractivity contribution is -0.118. The lowest BCUT2D eigenvalue weighted by atomic mass is 9.96. The molecule has 4 heterocycles. The van der Waals surface area contributed by atoms with Gasteiger partial charge in [0.2, 0.25) is 5.91 Å². The molecule has 200 valence electrons. The van der Waals surface area contributed by atoms with E-state index in [1.165, 1.54) is 17.0 Å². The molecule has 2 atom stereocenters. The average Bonchev–Trinajstić information content (AvgIpc) is 3.41. The summed E-state index contributed by atoms with van der Waals surface area (Å²) in [6, 6.07) is 18.1. The molecule has 0 unspecified atom stereocenters. The molecule has 1 fully saturated rings. The monoisotopic (exact) mass is 538 g/mol. The summed E-state index contributed by atoms with van der Waals surface area (Å²) in [5.74, 6) is -0.0942. The predicted octanol–water partition coefficient (Wildman–Crippen LogP) is 6.02. The zero-order valence-electron chi connectivity index (χ0n) is 23.0. The van der Waals surface area contributed by atoms with Crippen molar-refractivity contribution in [3.05, 3.63) is 107 Å². The molecule has 1 aliphatic heterocycles. The number of aryl methyl sites for hydroxylation is 2. The number of amides is 1. The maximum Gasteiger partial charge on any atom is 0.226 e. The third kappa shape index (κ3) is 5.29. The van der Waals surface area contributed by atoms with Crippen LogP contribution in [0.4, 0.5) is 11.4 Å². The highest BCUT2D eigenvalue weighted by atomic mass is 32.1. The molecule has 7 nitrogen and oxygen atoms in total. The van der Waals surface area contributed by atoms with Gasteiger partial charge in [-0.2, -0.15) is 0 Å². The summed E-state index contributed by atoms with van der Waals surface area (Å²) in [7, 11) is 0. The highest BCUT2D eigenvalue weighted by Crippen LogP contribution is 2.44. The number of pyridine rings is 2. The third-order valence-electron chi connectivity index (χ3n) is 7.36. The highest BCUT2D eigenvalue weighted by Gasteiger charge is 2.42. The van der Waals surface area contributed by atoms with Crippen molar-refractivity contribution in [2.45, 2.75) is 53.2 Å². The first-order valence-electron chi connectivity index (χ1n) is 13.2. The number of anilines is 2. The second-order valence-corrected chi connectivity index (χ2v) is 10.8. The Labute approximate surface area is 235 Å². The number of hydrogen-bond acceptors (Lipinski definition) is 4. The summed E-state index contributed by atoms with van der Waals surface area (Å²) in [5.41, 5.74) is 8.38. The van der Waals surface area contributed by atoms with Gasteiger partial charge in [-0.15, -0.1) is 0 Å². The van der Waals surface area contributed by atoms with Gasteiger partial charge in [-0.05, 0) is 92.1 Å². The molecular formula is C31H34N6OS. The van der Waals surface area contributed by atoms with Crippen molar-refractivity contribution in [2.24, 2.45) is 5.92 Å². The van der Waals surface area contributed by atoms with Crippen LogP contribution >= 0.6 is 12.2 Å². The van der Waals surface area contributed by atoms with E-state index in [2.05, 4.69) is 57.1 Å². The van der Waals surface area contributed by atoms with Gasteiger partial charge in [0, 0.05) is 53.8 Å². The molecule has 2 N–H and O–H groups in total. The van der Waals surface area contributed by atoms with Crippen LogP contribution in [0.5, 0.6) is 0 Å². The van der Waals surface area contributed by atoms with Crippen molar-refractivity contribution in [3.8, 4) is 0 Å². The van der Waals surface area contributed by atoms with E-state index in [0.29, 0.717) is 5.11 Å². The van der Waals surface area contributed by atoms with E-state index in [1.807, 2.05) is 69.6 Å². The second-order valence-electron chi connectivity index (χ2n) is 10.4. The number of benzene rings is 1. The summed E-state index contributed by atoms with van der Waals surface area (Å²) >= 11 is 5.95. The SMILES string of the molecule is Cc1cc(N2C(=S)N[C@H](c3ccccn3)[C@@H]2c2cc(C)n(Cc3cccnc3)c2C)ccc1NC(=O)C(C)C. The minimum Gasteiger partial charge on any atom is -0.351 e. The number of nitrogens with zero attached hydrogens (tertiary/aromatic N) is 4. The molecule has 4 aromatic rings. The van der Waals surface area contributed by atoms with E-state index in [9.17, 15) is 4.79 Å². The Morgan fingerprint density at radius 1 is 1.08 bits per heavy atom. The number of carbonyl (C=O) groups excluding carboxylic acids is 1. The molecule has 1 amide bonds. The second kappa shape index (κ2) is 11.0. The Hall–Kier alpha value is -4.04. The Kier molecular flexibility index (Phi) is 7.48. The molecule has 0 saturated carbocycles. The van der Waals surface area contributed by atoms with E-state index in [1.54, 1.807) is 6.20 Å². The van der Waals surface area contributed by atoms with Gasteiger partial charge >= 0.3 is 0 Å². The van der Waals surface area contributed by atoms with E-state index >= 15 is 0 Å². The first kappa shape index (κ1) is 26.6. The van der Waals surface area contributed by atoms with Crippen LogP contribution in [-0.2, 0) is 11.3 Å². The van der Waals surface area contributed by atoms with Crippen LogP contribution in [0, 0.1) is 26.7 Å². The van der Waals surface area contributed by atoms with E-state index in [4.69, 9.17) is 17.2 Å². The molecule has 0 spiro atoms. The fraction of sp³-hybridized carbons (Fsp3) is 0.290. The van der Waals surface area contributed by atoms with Crippen LogP contribution in [0.3, 0.4) is 0 Å². The van der Waals surface area contributed by atoms with Crippen molar-refractivity contribution in [2.75, 3.05) is 10.2 Å². The molecule has 39 heavy (non-hydrogen) atoms. The Balaban J connectivity index is 1.57. The largest absolute Gasteiger partial charge is 0.351 e. The van der Waals surface area contributed by atoms with Crippen molar-refractivity contribution < 1.29 is 4.79 Å². The Bertz CT molecular complexity index is 1500.